The van der Waals surface area contributed by atoms with Crippen LogP contribution in [0.3, 0.4) is 0 Å². The molecule has 2 unspecified atom stereocenters. The highest BCUT2D eigenvalue weighted by Gasteiger charge is 2.40. The minimum atomic E-state index is 0.745. The van der Waals surface area contributed by atoms with Crippen molar-refractivity contribution >= 4 is 0 Å². The van der Waals surface area contributed by atoms with Gasteiger partial charge in [-0.3, -0.25) is 0 Å². The van der Waals surface area contributed by atoms with Gasteiger partial charge in [0.25, 0.3) is 0 Å². The number of rotatable bonds is 2. The van der Waals surface area contributed by atoms with Crippen molar-refractivity contribution in [3.8, 4) is 0 Å². The number of nitrogens with zero attached hydrogens (tertiary/aromatic N) is 1. The Hall–Kier alpha value is -0.0400. The van der Waals surface area contributed by atoms with Crippen LogP contribution in [0.2, 0.25) is 0 Å². The molecule has 0 aromatic heterocycles. The first-order chi connectivity index (χ1) is 6.78. The molecule has 14 heavy (non-hydrogen) atoms. The van der Waals surface area contributed by atoms with Gasteiger partial charge in [0.1, 0.15) is 0 Å². The van der Waals surface area contributed by atoms with Crippen molar-refractivity contribution in [2.75, 3.05) is 19.6 Å². The normalized spacial score (nSPS) is 39.4. The summed E-state index contributed by atoms with van der Waals surface area (Å²) in [6.45, 7) is 8.71. The second-order valence-electron chi connectivity index (χ2n) is 5.49. The molecule has 1 aliphatic heterocycles. The summed E-state index contributed by atoms with van der Waals surface area (Å²) < 4.78 is 0. The van der Waals surface area contributed by atoms with Crippen LogP contribution in [-0.2, 0) is 0 Å². The van der Waals surface area contributed by atoms with E-state index in [1.165, 1.54) is 58.2 Å². The van der Waals surface area contributed by atoms with Crippen LogP contribution >= 0.6 is 0 Å². The molecule has 1 saturated heterocycles. The van der Waals surface area contributed by atoms with Gasteiger partial charge in [-0.2, -0.15) is 0 Å². The molecule has 1 heteroatoms. The summed E-state index contributed by atoms with van der Waals surface area (Å²) >= 11 is 0. The molecule has 0 bridgehead atoms. The molecule has 2 aliphatic rings. The van der Waals surface area contributed by atoms with E-state index >= 15 is 0 Å². The van der Waals surface area contributed by atoms with Crippen molar-refractivity contribution in [3.05, 3.63) is 0 Å². The third kappa shape index (κ3) is 1.98. The summed E-state index contributed by atoms with van der Waals surface area (Å²) in [5.74, 6) is 1.04. The first kappa shape index (κ1) is 10.5. The Morgan fingerprint density at radius 3 is 2.79 bits per heavy atom. The quantitative estimate of drug-likeness (QED) is 0.653. The Morgan fingerprint density at radius 2 is 2.14 bits per heavy atom. The molecule has 2 fully saturated rings. The first-order valence-electron chi connectivity index (χ1n) is 6.50. The van der Waals surface area contributed by atoms with Crippen LogP contribution in [0.4, 0.5) is 0 Å². The van der Waals surface area contributed by atoms with Crippen molar-refractivity contribution in [2.45, 2.75) is 52.4 Å². The third-order valence-electron chi connectivity index (χ3n) is 4.58. The summed E-state index contributed by atoms with van der Waals surface area (Å²) in [4.78, 5) is 2.65. The van der Waals surface area contributed by atoms with Gasteiger partial charge in [-0.25, -0.2) is 0 Å². The highest BCUT2D eigenvalue weighted by Crippen LogP contribution is 2.46. The smallest absolute Gasteiger partial charge is 0.00384 e. The molecule has 2 atom stereocenters. The maximum absolute atomic E-state index is 2.65. The highest BCUT2D eigenvalue weighted by atomic mass is 15.1. The van der Waals surface area contributed by atoms with Crippen LogP contribution in [0, 0.1) is 11.3 Å². The van der Waals surface area contributed by atoms with E-state index in [4.69, 9.17) is 0 Å². The zero-order chi connectivity index (χ0) is 10.0. The molecule has 0 aromatic carbocycles. The molecule has 0 aromatic rings. The fourth-order valence-corrected chi connectivity index (χ4v) is 3.60. The average Bonchev–Trinajstić information content (AvgIpc) is 2.61. The molecule has 1 heterocycles. The molecule has 0 amide bonds. The summed E-state index contributed by atoms with van der Waals surface area (Å²) in [6, 6.07) is 0. The van der Waals surface area contributed by atoms with Gasteiger partial charge in [-0.1, -0.05) is 33.1 Å². The predicted octanol–water partition coefficient (Wildman–Crippen LogP) is 3.30. The Balaban J connectivity index is 1.95. The van der Waals surface area contributed by atoms with Gasteiger partial charge in [0.15, 0.2) is 0 Å². The Labute approximate surface area is 88.9 Å². The number of hydrogen-bond donors (Lipinski definition) is 0. The summed E-state index contributed by atoms with van der Waals surface area (Å²) in [7, 11) is 0. The zero-order valence-electron chi connectivity index (χ0n) is 9.89. The zero-order valence-corrected chi connectivity index (χ0v) is 9.89. The van der Waals surface area contributed by atoms with E-state index in [9.17, 15) is 0 Å². The van der Waals surface area contributed by atoms with E-state index in [-0.39, 0.29) is 0 Å². The maximum Gasteiger partial charge on any atom is 0.00384 e. The van der Waals surface area contributed by atoms with Crippen molar-refractivity contribution in [1.82, 2.24) is 4.90 Å². The van der Waals surface area contributed by atoms with Gasteiger partial charge in [0.05, 0.1) is 0 Å². The van der Waals surface area contributed by atoms with Gasteiger partial charge in [0, 0.05) is 6.54 Å². The van der Waals surface area contributed by atoms with Gasteiger partial charge >= 0.3 is 0 Å². The Bertz CT molecular complexity index is 190. The first-order valence-corrected chi connectivity index (χ1v) is 6.50. The van der Waals surface area contributed by atoms with E-state index < -0.39 is 0 Å². The Morgan fingerprint density at radius 1 is 1.29 bits per heavy atom. The monoisotopic (exact) mass is 195 g/mol. The lowest BCUT2D eigenvalue weighted by atomic mass is 9.68. The van der Waals surface area contributed by atoms with Crippen molar-refractivity contribution in [1.29, 1.82) is 0 Å². The lowest BCUT2D eigenvalue weighted by Crippen LogP contribution is -2.32. The van der Waals surface area contributed by atoms with E-state index in [0.29, 0.717) is 0 Å². The topological polar surface area (TPSA) is 3.24 Å². The van der Waals surface area contributed by atoms with Crippen molar-refractivity contribution in [3.63, 3.8) is 0 Å². The van der Waals surface area contributed by atoms with Gasteiger partial charge in [0.2, 0.25) is 0 Å². The fourth-order valence-electron chi connectivity index (χ4n) is 3.60. The summed E-state index contributed by atoms with van der Waals surface area (Å²) in [5.41, 5.74) is 0.745. The van der Waals surface area contributed by atoms with E-state index in [1.54, 1.807) is 0 Å². The van der Waals surface area contributed by atoms with Crippen LogP contribution < -0.4 is 0 Å². The summed E-state index contributed by atoms with van der Waals surface area (Å²) in [6.07, 6.45) is 8.94. The van der Waals surface area contributed by atoms with Crippen LogP contribution in [0.15, 0.2) is 0 Å². The minimum absolute atomic E-state index is 0.745. The molecule has 2 rings (SSSR count). The third-order valence-corrected chi connectivity index (χ3v) is 4.58. The molecular weight excluding hydrogens is 170 g/mol. The van der Waals surface area contributed by atoms with Gasteiger partial charge in [-0.15, -0.1) is 0 Å². The van der Waals surface area contributed by atoms with Gasteiger partial charge < -0.3 is 4.90 Å². The number of hydrogen-bond acceptors (Lipinski definition) is 1. The van der Waals surface area contributed by atoms with Crippen LogP contribution in [-0.4, -0.2) is 24.5 Å². The molecule has 1 spiro atoms. The molecular formula is C13H25N. The Kier molecular flexibility index (Phi) is 3.16. The lowest BCUT2D eigenvalue weighted by molar-refractivity contribution is 0.139. The molecule has 82 valence electrons. The molecule has 0 N–H and O–H groups in total. The molecule has 1 saturated carbocycles. The van der Waals surface area contributed by atoms with Crippen molar-refractivity contribution < 1.29 is 0 Å². The largest absolute Gasteiger partial charge is 0.303 e. The van der Waals surface area contributed by atoms with E-state index in [1.807, 2.05) is 0 Å². The number of likely N-dealkylation sites (tertiary alicyclic amines) is 1. The summed E-state index contributed by atoms with van der Waals surface area (Å²) in [5, 5.41) is 0. The minimum Gasteiger partial charge on any atom is -0.303 e. The molecule has 1 aliphatic carbocycles. The lowest BCUT2D eigenvalue weighted by Gasteiger charge is -2.38. The van der Waals surface area contributed by atoms with Crippen molar-refractivity contribution in [2.24, 2.45) is 11.3 Å². The average molecular weight is 195 g/mol. The maximum atomic E-state index is 2.65. The van der Waals surface area contributed by atoms with Gasteiger partial charge in [-0.05, 0) is 43.7 Å². The highest BCUT2D eigenvalue weighted by molar-refractivity contribution is 4.93. The van der Waals surface area contributed by atoms with Crippen LogP contribution in [0.1, 0.15) is 52.4 Å². The van der Waals surface area contributed by atoms with E-state index in [2.05, 4.69) is 18.7 Å². The molecule has 1 nitrogen and oxygen atoms in total. The fraction of sp³-hybridized carbons (Fsp3) is 1.00. The van der Waals surface area contributed by atoms with E-state index in [0.717, 1.165) is 11.3 Å². The van der Waals surface area contributed by atoms with Crippen LogP contribution in [0.25, 0.3) is 0 Å². The molecule has 0 radical (unpaired) electrons. The standard InChI is InChI=1S/C13H25N/c1-3-12-6-5-7-13(10-12)8-9-14(4-2)11-13/h12H,3-11H2,1-2H3. The SMILES string of the molecule is CCC1CCCC2(CCN(CC)C2)C1. The second-order valence-corrected chi connectivity index (χ2v) is 5.49. The second kappa shape index (κ2) is 4.22. The van der Waals surface area contributed by atoms with Crippen LogP contribution in [0.5, 0.6) is 0 Å². The predicted molar refractivity (Wildman–Crippen MR) is 61.4 cm³/mol.